The molecule has 0 saturated carbocycles. The minimum Gasteiger partial charge on any atom is -0.507 e. The summed E-state index contributed by atoms with van der Waals surface area (Å²) in [6.07, 6.45) is 0.665. The number of amides is 1. The quantitative estimate of drug-likeness (QED) is 0.898. The summed E-state index contributed by atoms with van der Waals surface area (Å²) in [5.41, 5.74) is 1.93. The van der Waals surface area contributed by atoms with Gasteiger partial charge in [0.15, 0.2) is 0 Å². The second-order valence-corrected chi connectivity index (χ2v) is 6.65. The van der Waals surface area contributed by atoms with Crippen LogP contribution in [-0.2, 0) is 0 Å². The third-order valence-corrected chi connectivity index (χ3v) is 4.87. The fraction of sp³-hybridized carbons (Fsp3) is 0.350. The molecule has 1 heterocycles. The number of nitrogens with zero attached hydrogens (tertiary/aromatic N) is 1. The Morgan fingerprint density at radius 1 is 1.16 bits per heavy atom. The highest BCUT2D eigenvalue weighted by Gasteiger charge is 2.29. The molecule has 5 heteroatoms. The van der Waals surface area contributed by atoms with Crippen molar-refractivity contribution in [3.05, 3.63) is 65.0 Å². The molecule has 2 aromatic carbocycles. The monoisotopic (exact) mass is 343 g/mol. The van der Waals surface area contributed by atoms with E-state index in [4.69, 9.17) is 0 Å². The molecule has 0 spiro atoms. The molecule has 25 heavy (non-hydrogen) atoms. The minimum atomic E-state index is -0.662. The molecule has 1 aliphatic rings. The van der Waals surface area contributed by atoms with E-state index in [1.165, 1.54) is 18.2 Å². The molecule has 0 radical (unpaired) electrons. The van der Waals surface area contributed by atoms with E-state index in [1.807, 2.05) is 6.92 Å². The summed E-state index contributed by atoms with van der Waals surface area (Å²) in [7, 11) is 0. The standard InChI is InChI=1S/C20H22FNO3/c1-13-2-7-18(23)17(12-13)20(25)22-10-8-15(9-11-22)19(24)14-3-5-16(21)6-4-14/h2-7,12,15,19,23-24H,8-11H2,1H3. The Labute approximate surface area is 146 Å². The number of hydrogen-bond acceptors (Lipinski definition) is 3. The Morgan fingerprint density at radius 2 is 1.80 bits per heavy atom. The molecule has 1 fully saturated rings. The number of phenolic OH excluding ortho intramolecular Hbond substituents is 1. The summed E-state index contributed by atoms with van der Waals surface area (Å²) in [4.78, 5) is 14.3. The van der Waals surface area contributed by atoms with Crippen LogP contribution in [0.5, 0.6) is 5.75 Å². The Balaban J connectivity index is 1.64. The van der Waals surface area contributed by atoms with Crippen LogP contribution in [0.3, 0.4) is 0 Å². The molecule has 1 saturated heterocycles. The average Bonchev–Trinajstić information content (AvgIpc) is 2.63. The number of phenols is 1. The van der Waals surface area contributed by atoms with Gasteiger partial charge in [0.05, 0.1) is 11.7 Å². The molecule has 2 N–H and O–H groups in total. The van der Waals surface area contributed by atoms with Gasteiger partial charge in [0.2, 0.25) is 0 Å². The number of halogens is 1. The van der Waals surface area contributed by atoms with E-state index in [1.54, 1.807) is 29.2 Å². The normalized spacial score (nSPS) is 16.7. The molecule has 4 nitrogen and oxygen atoms in total. The SMILES string of the molecule is Cc1ccc(O)c(C(=O)N2CCC(C(O)c3ccc(F)cc3)CC2)c1. The first-order valence-corrected chi connectivity index (χ1v) is 8.48. The molecular weight excluding hydrogens is 321 g/mol. The van der Waals surface area contributed by atoms with E-state index in [0.29, 0.717) is 37.1 Å². The van der Waals surface area contributed by atoms with Crippen LogP contribution < -0.4 is 0 Å². The number of likely N-dealkylation sites (tertiary alicyclic amines) is 1. The van der Waals surface area contributed by atoms with Gasteiger partial charge in [-0.3, -0.25) is 4.79 Å². The molecule has 0 aromatic heterocycles. The highest BCUT2D eigenvalue weighted by Crippen LogP contribution is 2.32. The molecule has 2 aromatic rings. The number of rotatable bonds is 3. The predicted molar refractivity (Wildman–Crippen MR) is 92.8 cm³/mol. The van der Waals surface area contributed by atoms with Gasteiger partial charge >= 0.3 is 0 Å². The van der Waals surface area contributed by atoms with Crippen LogP contribution in [0.2, 0.25) is 0 Å². The number of piperidine rings is 1. The van der Waals surface area contributed by atoms with Gasteiger partial charge in [-0.25, -0.2) is 4.39 Å². The Morgan fingerprint density at radius 3 is 2.44 bits per heavy atom. The van der Waals surface area contributed by atoms with Crippen molar-refractivity contribution in [1.82, 2.24) is 4.90 Å². The van der Waals surface area contributed by atoms with Crippen LogP contribution >= 0.6 is 0 Å². The molecule has 1 amide bonds. The molecule has 132 valence electrons. The number of aromatic hydroxyl groups is 1. The van der Waals surface area contributed by atoms with E-state index < -0.39 is 6.10 Å². The lowest BCUT2D eigenvalue weighted by molar-refractivity contribution is 0.0460. The van der Waals surface area contributed by atoms with Crippen LogP contribution in [0.25, 0.3) is 0 Å². The van der Waals surface area contributed by atoms with E-state index in [9.17, 15) is 19.4 Å². The van der Waals surface area contributed by atoms with Crippen molar-refractivity contribution < 1.29 is 19.4 Å². The zero-order valence-corrected chi connectivity index (χ0v) is 14.2. The van der Waals surface area contributed by atoms with Gasteiger partial charge in [0.25, 0.3) is 5.91 Å². The number of aryl methyl sites for hydroxylation is 1. The van der Waals surface area contributed by atoms with E-state index in [0.717, 1.165) is 5.56 Å². The fourth-order valence-corrected chi connectivity index (χ4v) is 3.34. The van der Waals surface area contributed by atoms with Gasteiger partial charge in [-0.2, -0.15) is 0 Å². The van der Waals surface area contributed by atoms with Crippen molar-refractivity contribution in [3.63, 3.8) is 0 Å². The lowest BCUT2D eigenvalue weighted by atomic mass is 9.87. The van der Waals surface area contributed by atoms with Gasteiger partial charge in [0.1, 0.15) is 11.6 Å². The maximum atomic E-state index is 13.0. The number of carbonyl (C=O) groups is 1. The molecule has 3 rings (SSSR count). The summed E-state index contributed by atoms with van der Waals surface area (Å²) in [6.45, 7) is 2.92. The van der Waals surface area contributed by atoms with Crippen molar-refractivity contribution in [1.29, 1.82) is 0 Å². The number of aliphatic hydroxyl groups excluding tert-OH is 1. The topological polar surface area (TPSA) is 60.8 Å². The minimum absolute atomic E-state index is 0.0101. The third kappa shape index (κ3) is 3.82. The smallest absolute Gasteiger partial charge is 0.257 e. The number of benzene rings is 2. The van der Waals surface area contributed by atoms with Gasteiger partial charge in [-0.1, -0.05) is 23.8 Å². The Hall–Kier alpha value is -2.40. The van der Waals surface area contributed by atoms with Crippen LogP contribution in [0.4, 0.5) is 4.39 Å². The lowest BCUT2D eigenvalue weighted by Crippen LogP contribution is -2.39. The van der Waals surface area contributed by atoms with Crippen molar-refractivity contribution in [2.24, 2.45) is 5.92 Å². The van der Waals surface area contributed by atoms with E-state index >= 15 is 0 Å². The molecular formula is C20H22FNO3. The number of aliphatic hydroxyl groups is 1. The van der Waals surface area contributed by atoms with Crippen molar-refractivity contribution in [3.8, 4) is 5.75 Å². The Kier molecular flexibility index (Phi) is 5.04. The summed E-state index contributed by atoms with van der Waals surface area (Å²) in [5, 5.41) is 20.4. The van der Waals surface area contributed by atoms with Crippen LogP contribution in [0.1, 0.15) is 40.4 Å². The largest absolute Gasteiger partial charge is 0.507 e. The molecule has 1 aliphatic heterocycles. The van der Waals surface area contributed by atoms with Crippen molar-refractivity contribution >= 4 is 5.91 Å². The van der Waals surface area contributed by atoms with Gasteiger partial charge in [0, 0.05) is 13.1 Å². The summed E-state index contributed by atoms with van der Waals surface area (Å²) in [5.74, 6) is -0.491. The second-order valence-electron chi connectivity index (χ2n) is 6.65. The maximum absolute atomic E-state index is 13.0. The molecule has 1 unspecified atom stereocenters. The van der Waals surface area contributed by atoms with Gasteiger partial charge in [-0.05, 0) is 55.5 Å². The average molecular weight is 343 g/mol. The predicted octanol–water partition coefficient (Wildman–Crippen LogP) is 3.43. The highest BCUT2D eigenvalue weighted by molar-refractivity contribution is 5.97. The van der Waals surface area contributed by atoms with Gasteiger partial charge in [-0.15, -0.1) is 0 Å². The maximum Gasteiger partial charge on any atom is 0.257 e. The van der Waals surface area contributed by atoms with Gasteiger partial charge < -0.3 is 15.1 Å². The highest BCUT2D eigenvalue weighted by atomic mass is 19.1. The number of carbonyl (C=O) groups excluding carboxylic acids is 1. The zero-order chi connectivity index (χ0) is 18.0. The van der Waals surface area contributed by atoms with E-state index in [2.05, 4.69) is 0 Å². The van der Waals surface area contributed by atoms with Crippen LogP contribution in [0, 0.1) is 18.7 Å². The zero-order valence-electron chi connectivity index (χ0n) is 14.2. The second kappa shape index (κ2) is 7.23. The van der Waals surface area contributed by atoms with Crippen LogP contribution in [-0.4, -0.2) is 34.1 Å². The molecule has 1 atom stereocenters. The first kappa shape index (κ1) is 17.4. The summed E-state index contributed by atoms with van der Waals surface area (Å²) in [6, 6.07) is 10.9. The fourth-order valence-electron chi connectivity index (χ4n) is 3.34. The first-order chi connectivity index (χ1) is 12.0. The number of hydrogen-bond donors (Lipinski definition) is 2. The summed E-state index contributed by atoms with van der Waals surface area (Å²) >= 11 is 0. The van der Waals surface area contributed by atoms with Crippen LogP contribution in [0.15, 0.2) is 42.5 Å². The first-order valence-electron chi connectivity index (χ1n) is 8.48. The van der Waals surface area contributed by atoms with Crippen molar-refractivity contribution in [2.45, 2.75) is 25.9 Å². The van der Waals surface area contributed by atoms with Crippen molar-refractivity contribution in [2.75, 3.05) is 13.1 Å². The Bertz CT molecular complexity index is 752. The molecule has 0 bridgehead atoms. The van der Waals surface area contributed by atoms with E-state index in [-0.39, 0.29) is 23.4 Å². The third-order valence-electron chi connectivity index (χ3n) is 4.87. The lowest BCUT2D eigenvalue weighted by Gasteiger charge is -2.34. The molecule has 0 aliphatic carbocycles. The summed E-state index contributed by atoms with van der Waals surface area (Å²) < 4.78 is 13.0.